The van der Waals surface area contributed by atoms with Crippen molar-refractivity contribution in [3.05, 3.63) is 72.0 Å². The van der Waals surface area contributed by atoms with Crippen molar-refractivity contribution in [2.45, 2.75) is 38.6 Å². The van der Waals surface area contributed by atoms with Crippen LogP contribution in [0, 0.1) is 11.7 Å². The van der Waals surface area contributed by atoms with E-state index in [1.807, 2.05) is 31.2 Å². The van der Waals surface area contributed by atoms with E-state index in [1.54, 1.807) is 18.2 Å². The summed E-state index contributed by atoms with van der Waals surface area (Å²) in [6.45, 7) is 1.90. The lowest BCUT2D eigenvalue weighted by atomic mass is 10.1. The molecule has 1 atom stereocenters. The number of benzene rings is 2. The van der Waals surface area contributed by atoms with E-state index in [0.29, 0.717) is 23.6 Å². The highest BCUT2D eigenvalue weighted by atomic mass is 19.1. The first kappa shape index (κ1) is 20.8. The Morgan fingerprint density at radius 3 is 2.61 bits per heavy atom. The molecule has 1 saturated carbocycles. The topological polar surface area (TPSA) is 84.2 Å². The molecule has 2 aromatic carbocycles. The van der Waals surface area contributed by atoms with Crippen LogP contribution in [0.1, 0.15) is 43.7 Å². The highest BCUT2D eigenvalue weighted by Gasteiger charge is 2.29. The van der Waals surface area contributed by atoms with Crippen LogP contribution in [0.4, 0.5) is 10.1 Å². The van der Waals surface area contributed by atoms with Crippen LogP contribution < -0.4 is 10.6 Å². The van der Waals surface area contributed by atoms with Crippen molar-refractivity contribution in [1.82, 2.24) is 10.3 Å². The number of amides is 2. The standard InChI is InChI=1S/C24H24FN3O3/c1-15(16-8-10-18(11-9-16)28-24(30)17-6-7-17)27-22(29)12-13-23-26-14-21(31-23)19-4-2-3-5-20(19)25/h2-5,8-11,14-15,17H,6-7,12-13H2,1H3,(H,27,29)(H,28,30)/t15-/m1/s1. The highest BCUT2D eigenvalue weighted by Crippen LogP contribution is 2.30. The SMILES string of the molecule is C[C@@H](NC(=O)CCc1ncc(-c2ccccc2F)o1)c1ccc(NC(=O)C2CC2)cc1. The third-order valence-corrected chi connectivity index (χ3v) is 5.26. The molecule has 160 valence electrons. The van der Waals surface area contributed by atoms with Crippen molar-refractivity contribution >= 4 is 17.5 Å². The molecule has 31 heavy (non-hydrogen) atoms. The molecular weight excluding hydrogens is 397 g/mol. The lowest BCUT2D eigenvalue weighted by molar-refractivity contribution is -0.121. The van der Waals surface area contributed by atoms with Crippen LogP contribution >= 0.6 is 0 Å². The summed E-state index contributed by atoms with van der Waals surface area (Å²) < 4.78 is 19.4. The second-order valence-electron chi connectivity index (χ2n) is 7.77. The van der Waals surface area contributed by atoms with Crippen molar-refractivity contribution < 1.29 is 18.4 Å². The molecule has 6 nitrogen and oxygen atoms in total. The first-order valence-corrected chi connectivity index (χ1v) is 10.4. The van der Waals surface area contributed by atoms with Crippen LogP contribution in [-0.4, -0.2) is 16.8 Å². The number of nitrogens with zero attached hydrogens (tertiary/aromatic N) is 1. The predicted octanol–water partition coefficient (Wildman–Crippen LogP) is 4.64. The van der Waals surface area contributed by atoms with Gasteiger partial charge in [-0.15, -0.1) is 0 Å². The fourth-order valence-corrected chi connectivity index (χ4v) is 3.27. The van der Waals surface area contributed by atoms with E-state index in [4.69, 9.17) is 4.42 Å². The van der Waals surface area contributed by atoms with E-state index in [9.17, 15) is 14.0 Å². The third-order valence-electron chi connectivity index (χ3n) is 5.26. The molecule has 0 unspecified atom stereocenters. The van der Waals surface area contributed by atoms with E-state index < -0.39 is 0 Å². The summed E-state index contributed by atoms with van der Waals surface area (Å²) in [6, 6.07) is 13.6. The molecule has 1 aromatic heterocycles. The Labute approximate surface area is 179 Å². The molecule has 1 aliphatic rings. The molecule has 0 aliphatic heterocycles. The van der Waals surface area contributed by atoms with Gasteiger partial charge in [-0.05, 0) is 49.6 Å². The molecule has 0 bridgehead atoms. The van der Waals surface area contributed by atoms with Crippen LogP contribution in [0.25, 0.3) is 11.3 Å². The van der Waals surface area contributed by atoms with Crippen LogP contribution in [-0.2, 0) is 16.0 Å². The maximum Gasteiger partial charge on any atom is 0.227 e. The molecule has 1 aliphatic carbocycles. The van der Waals surface area contributed by atoms with Gasteiger partial charge in [-0.1, -0.05) is 24.3 Å². The van der Waals surface area contributed by atoms with Crippen LogP contribution in [0.3, 0.4) is 0 Å². The van der Waals surface area contributed by atoms with Crippen molar-refractivity contribution in [2.24, 2.45) is 5.92 Å². The summed E-state index contributed by atoms with van der Waals surface area (Å²) in [5, 5.41) is 5.85. The summed E-state index contributed by atoms with van der Waals surface area (Å²) >= 11 is 0. The zero-order valence-corrected chi connectivity index (χ0v) is 17.2. The van der Waals surface area contributed by atoms with E-state index in [2.05, 4.69) is 15.6 Å². The quantitative estimate of drug-likeness (QED) is 0.555. The van der Waals surface area contributed by atoms with Gasteiger partial charge < -0.3 is 15.1 Å². The number of carbonyl (C=O) groups is 2. The minimum absolute atomic E-state index is 0.0683. The summed E-state index contributed by atoms with van der Waals surface area (Å²) in [7, 11) is 0. The van der Waals surface area contributed by atoms with Crippen LogP contribution in [0.5, 0.6) is 0 Å². The Balaban J connectivity index is 1.27. The Morgan fingerprint density at radius 2 is 1.90 bits per heavy atom. The molecule has 1 heterocycles. The maximum atomic E-state index is 13.9. The number of nitrogens with one attached hydrogen (secondary N) is 2. The molecule has 2 amide bonds. The highest BCUT2D eigenvalue weighted by molar-refractivity contribution is 5.94. The molecule has 1 fully saturated rings. The fraction of sp³-hybridized carbons (Fsp3) is 0.292. The number of aryl methyl sites for hydroxylation is 1. The molecule has 0 spiro atoms. The van der Waals surface area contributed by atoms with Crippen molar-refractivity contribution in [2.75, 3.05) is 5.32 Å². The first-order chi connectivity index (χ1) is 15.0. The summed E-state index contributed by atoms with van der Waals surface area (Å²) in [5.74, 6) is 0.440. The van der Waals surface area contributed by atoms with Gasteiger partial charge >= 0.3 is 0 Å². The monoisotopic (exact) mass is 421 g/mol. The van der Waals surface area contributed by atoms with E-state index in [1.165, 1.54) is 12.3 Å². The molecular formula is C24H24FN3O3. The summed E-state index contributed by atoms with van der Waals surface area (Å²) in [4.78, 5) is 28.3. The molecule has 7 heteroatoms. The number of oxazole rings is 1. The lowest BCUT2D eigenvalue weighted by Crippen LogP contribution is -2.26. The second kappa shape index (κ2) is 9.12. The number of hydrogen-bond acceptors (Lipinski definition) is 4. The number of carbonyl (C=O) groups excluding carboxylic acids is 2. The minimum atomic E-state index is -0.380. The minimum Gasteiger partial charge on any atom is -0.441 e. The zero-order chi connectivity index (χ0) is 21.8. The van der Waals surface area contributed by atoms with Gasteiger partial charge in [0.25, 0.3) is 0 Å². The summed E-state index contributed by atoms with van der Waals surface area (Å²) in [5.41, 5.74) is 2.04. The van der Waals surface area contributed by atoms with Crippen molar-refractivity contribution in [3.63, 3.8) is 0 Å². The average molecular weight is 421 g/mol. The number of anilines is 1. The maximum absolute atomic E-state index is 13.9. The van der Waals surface area contributed by atoms with E-state index >= 15 is 0 Å². The molecule has 0 saturated heterocycles. The Hall–Kier alpha value is -3.48. The van der Waals surface area contributed by atoms with Gasteiger partial charge in [-0.3, -0.25) is 9.59 Å². The lowest BCUT2D eigenvalue weighted by Gasteiger charge is -2.15. The second-order valence-corrected chi connectivity index (χ2v) is 7.77. The molecule has 2 N–H and O–H groups in total. The smallest absolute Gasteiger partial charge is 0.227 e. The van der Waals surface area contributed by atoms with E-state index in [-0.39, 0.29) is 36.0 Å². The largest absolute Gasteiger partial charge is 0.441 e. The number of hydrogen-bond donors (Lipinski definition) is 2. The molecule has 0 radical (unpaired) electrons. The van der Waals surface area contributed by atoms with Gasteiger partial charge in [0.2, 0.25) is 11.8 Å². The summed E-state index contributed by atoms with van der Waals surface area (Å²) in [6.07, 6.45) is 3.92. The Morgan fingerprint density at radius 1 is 1.16 bits per heavy atom. The normalized spacial score (nSPS) is 14.1. The van der Waals surface area contributed by atoms with Crippen molar-refractivity contribution in [3.8, 4) is 11.3 Å². The van der Waals surface area contributed by atoms with Crippen LogP contribution in [0.15, 0.2) is 59.1 Å². The number of aromatic nitrogens is 1. The van der Waals surface area contributed by atoms with Gasteiger partial charge in [0.1, 0.15) is 5.82 Å². The average Bonchev–Trinajstić information content (AvgIpc) is 3.52. The Kier molecular flexibility index (Phi) is 6.11. The number of halogens is 1. The van der Waals surface area contributed by atoms with Gasteiger partial charge in [-0.2, -0.15) is 0 Å². The van der Waals surface area contributed by atoms with Crippen LogP contribution in [0.2, 0.25) is 0 Å². The zero-order valence-electron chi connectivity index (χ0n) is 17.2. The fourth-order valence-electron chi connectivity index (χ4n) is 3.27. The molecule has 3 aromatic rings. The number of rotatable bonds is 8. The van der Waals surface area contributed by atoms with E-state index in [0.717, 1.165) is 24.1 Å². The predicted molar refractivity (Wildman–Crippen MR) is 115 cm³/mol. The van der Waals surface area contributed by atoms with Gasteiger partial charge in [0, 0.05) is 24.4 Å². The van der Waals surface area contributed by atoms with Crippen molar-refractivity contribution in [1.29, 1.82) is 0 Å². The van der Waals surface area contributed by atoms with Gasteiger partial charge in [-0.25, -0.2) is 9.37 Å². The van der Waals surface area contributed by atoms with Gasteiger partial charge in [0.15, 0.2) is 11.7 Å². The van der Waals surface area contributed by atoms with Gasteiger partial charge in [0.05, 0.1) is 17.8 Å². The third kappa shape index (κ3) is 5.36. The molecule has 4 rings (SSSR count). The first-order valence-electron chi connectivity index (χ1n) is 10.4. The Bertz CT molecular complexity index is 1070.